The van der Waals surface area contributed by atoms with Gasteiger partial charge in [0.15, 0.2) is 0 Å². The Bertz CT molecular complexity index is 419. The molecular weight excluding hydrogens is 251 g/mol. The van der Waals surface area contributed by atoms with Gasteiger partial charge in [-0.05, 0) is 43.4 Å². The van der Waals surface area contributed by atoms with Crippen LogP contribution in [0.15, 0.2) is 18.2 Å². The van der Waals surface area contributed by atoms with Gasteiger partial charge < -0.3 is 10.2 Å². The second-order valence-electron chi connectivity index (χ2n) is 5.81. The average molecular weight is 278 g/mol. The molecule has 0 bridgehead atoms. The van der Waals surface area contributed by atoms with Gasteiger partial charge in [-0.2, -0.15) is 0 Å². The molecule has 1 unspecified atom stereocenters. The summed E-state index contributed by atoms with van der Waals surface area (Å²) in [4.78, 5) is 2.25. The zero-order valence-electron chi connectivity index (χ0n) is 12.8. The maximum atomic E-state index is 14.3. The number of halogens is 1. The van der Waals surface area contributed by atoms with Crippen LogP contribution in [0.25, 0.3) is 0 Å². The van der Waals surface area contributed by atoms with Crippen molar-refractivity contribution in [3.05, 3.63) is 29.6 Å². The third-order valence-electron chi connectivity index (χ3n) is 4.11. The number of benzene rings is 1. The summed E-state index contributed by atoms with van der Waals surface area (Å²) in [5, 5.41) is 3.39. The third-order valence-corrected chi connectivity index (χ3v) is 4.11. The van der Waals surface area contributed by atoms with Crippen LogP contribution in [0, 0.1) is 11.7 Å². The molecular formula is C17H27FN2. The minimum atomic E-state index is -0.0713. The molecule has 2 rings (SSSR count). The fourth-order valence-corrected chi connectivity index (χ4v) is 3.14. The van der Waals surface area contributed by atoms with E-state index in [-0.39, 0.29) is 5.82 Å². The molecule has 0 spiro atoms. The smallest absolute Gasteiger partial charge is 0.146 e. The molecule has 1 atom stereocenters. The van der Waals surface area contributed by atoms with E-state index in [0.717, 1.165) is 49.8 Å². The molecule has 1 saturated heterocycles. The largest absolute Gasteiger partial charge is 0.369 e. The fraction of sp³-hybridized carbons (Fsp3) is 0.647. The molecule has 0 saturated carbocycles. The van der Waals surface area contributed by atoms with Crippen molar-refractivity contribution in [2.75, 3.05) is 24.5 Å². The maximum Gasteiger partial charge on any atom is 0.146 e. The van der Waals surface area contributed by atoms with Crippen molar-refractivity contribution in [2.24, 2.45) is 5.92 Å². The zero-order chi connectivity index (χ0) is 14.4. The van der Waals surface area contributed by atoms with Crippen molar-refractivity contribution in [3.63, 3.8) is 0 Å². The normalized spacial score (nSPS) is 18.8. The topological polar surface area (TPSA) is 15.3 Å². The predicted octanol–water partition coefficient (Wildman–Crippen LogP) is 3.95. The molecule has 1 aliphatic rings. The van der Waals surface area contributed by atoms with Crippen LogP contribution in [0.5, 0.6) is 0 Å². The molecule has 1 aliphatic heterocycles. The highest BCUT2D eigenvalue weighted by Gasteiger charge is 2.25. The van der Waals surface area contributed by atoms with Crippen LogP contribution in [-0.2, 0) is 6.54 Å². The zero-order valence-corrected chi connectivity index (χ0v) is 12.8. The SMILES string of the molecule is CCCNCc1cccc(F)c1N1CCC(CCC)C1. The summed E-state index contributed by atoms with van der Waals surface area (Å²) < 4.78 is 14.3. The summed E-state index contributed by atoms with van der Waals surface area (Å²) in [6, 6.07) is 5.46. The van der Waals surface area contributed by atoms with E-state index in [2.05, 4.69) is 24.1 Å². The monoisotopic (exact) mass is 278 g/mol. The number of para-hydroxylation sites is 1. The summed E-state index contributed by atoms with van der Waals surface area (Å²) in [5.74, 6) is 0.661. The van der Waals surface area contributed by atoms with E-state index in [0.29, 0.717) is 0 Å². The van der Waals surface area contributed by atoms with Crippen LogP contribution in [0.1, 0.15) is 45.1 Å². The van der Waals surface area contributed by atoms with E-state index in [1.807, 2.05) is 12.1 Å². The lowest BCUT2D eigenvalue weighted by Crippen LogP contribution is -2.24. The van der Waals surface area contributed by atoms with Crippen molar-refractivity contribution in [3.8, 4) is 0 Å². The Morgan fingerprint density at radius 2 is 2.15 bits per heavy atom. The first-order chi connectivity index (χ1) is 9.76. The van der Waals surface area contributed by atoms with Crippen molar-refractivity contribution in [2.45, 2.75) is 46.1 Å². The van der Waals surface area contributed by atoms with Gasteiger partial charge in [-0.25, -0.2) is 4.39 Å². The second-order valence-corrected chi connectivity index (χ2v) is 5.81. The lowest BCUT2D eigenvalue weighted by Gasteiger charge is -2.23. The highest BCUT2D eigenvalue weighted by Crippen LogP contribution is 2.31. The molecule has 20 heavy (non-hydrogen) atoms. The Morgan fingerprint density at radius 1 is 1.30 bits per heavy atom. The van der Waals surface area contributed by atoms with E-state index < -0.39 is 0 Å². The summed E-state index contributed by atoms with van der Waals surface area (Å²) >= 11 is 0. The first-order valence-corrected chi connectivity index (χ1v) is 7.99. The molecule has 1 aromatic rings. The number of rotatable bonds is 7. The molecule has 1 N–H and O–H groups in total. The van der Waals surface area contributed by atoms with Crippen LogP contribution in [0.2, 0.25) is 0 Å². The molecule has 112 valence electrons. The lowest BCUT2D eigenvalue weighted by molar-refractivity contribution is 0.528. The van der Waals surface area contributed by atoms with Gasteiger partial charge in [0.05, 0.1) is 5.69 Å². The van der Waals surface area contributed by atoms with Crippen molar-refractivity contribution in [1.82, 2.24) is 5.32 Å². The highest BCUT2D eigenvalue weighted by atomic mass is 19.1. The summed E-state index contributed by atoms with van der Waals surface area (Å²) in [5.41, 5.74) is 1.92. The van der Waals surface area contributed by atoms with E-state index in [9.17, 15) is 4.39 Å². The Hall–Kier alpha value is -1.09. The lowest BCUT2D eigenvalue weighted by atomic mass is 10.0. The van der Waals surface area contributed by atoms with Crippen LogP contribution in [-0.4, -0.2) is 19.6 Å². The first kappa shape index (κ1) is 15.3. The van der Waals surface area contributed by atoms with Gasteiger partial charge in [-0.15, -0.1) is 0 Å². The van der Waals surface area contributed by atoms with Crippen LogP contribution in [0.4, 0.5) is 10.1 Å². The number of nitrogens with zero attached hydrogens (tertiary/aromatic N) is 1. The Balaban J connectivity index is 2.09. The van der Waals surface area contributed by atoms with Gasteiger partial charge in [0.25, 0.3) is 0 Å². The Morgan fingerprint density at radius 3 is 2.90 bits per heavy atom. The average Bonchev–Trinajstić information content (AvgIpc) is 2.88. The van der Waals surface area contributed by atoms with Crippen LogP contribution in [0.3, 0.4) is 0 Å². The quantitative estimate of drug-likeness (QED) is 0.760. The highest BCUT2D eigenvalue weighted by molar-refractivity contribution is 5.55. The minimum Gasteiger partial charge on any atom is -0.369 e. The fourth-order valence-electron chi connectivity index (χ4n) is 3.14. The number of hydrogen-bond donors (Lipinski definition) is 1. The van der Waals surface area contributed by atoms with Gasteiger partial charge in [0.1, 0.15) is 5.82 Å². The molecule has 1 heterocycles. The number of anilines is 1. The summed E-state index contributed by atoms with van der Waals surface area (Å²) in [6.45, 7) is 8.12. The molecule has 3 heteroatoms. The molecule has 0 aromatic heterocycles. The van der Waals surface area contributed by atoms with Gasteiger partial charge >= 0.3 is 0 Å². The third kappa shape index (κ3) is 3.72. The van der Waals surface area contributed by atoms with Gasteiger partial charge in [0.2, 0.25) is 0 Å². The first-order valence-electron chi connectivity index (χ1n) is 7.99. The summed E-state index contributed by atoms with van der Waals surface area (Å²) in [6.07, 6.45) is 4.78. The standard InChI is InChI=1S/C17H27FN2/c1-3-6-14-9-11-20(13-14)17-15(12-19-10-4-2)7-5-8-16(17)18/h5,7-8,14,19H,3-4,6,9-13H2,1-2H3. The Labute approximate surface area is 122 Å². The second kappa shape index (κ2) is 7.63. The van der Waals surface area contributed by atoms with Crippen molar-refractivity contribution in [1.29, 1.82) is 0 Å². The molecule has 1 aromatic carbocycles. The van der Waals surface area contributed by atoms with Crippen LogP contribution < -0.4 is 10.2 Å². The van der Waals surface area contributed by atoms with Gasteiger partial charge in [0, 0.05) is 19.6 Å². The van der Waals surface area contributed by atoms with Crippen molar-refractivity contribution < 1.29 is 4.39 Å². The van der Waals surface area contributed by atoms with Gasteiger partial charge in [-0.3, -0.25) is 0 Å². The number of hydrogen-bond acceptors (Lipinski definition) is 2. The Kier molecular flexibility index (Phi) is 5.84. The van der Waals surface area contributed by atoms with E-state index in [1.165, 1.54) is 19.3 Å². The van der Waals surface area contributed by atoms with E-state index >= 15 is 0 Å². The molecule has 0 radical (unpaired) electrons. The maximum absolute atomic E-state index is 14.3. The number of nitrogens with one attached hydrogen (secondary N) is 1. The molecule has 2 nitrogen and oxygen atoms in total. The molecule has 0 aliphatic carbocycles. The molecule has 0 amide bonds. The van der Waals surface area contributed by atoms with Crippen LogP contribution >= 0.6 is 0 Å². The summed E-state index contributed by atoms with van der Waals surface area (Å²) in [7, 11) is 0. The predicted molar refractivity (Wildman–Crippen MR) is 83.6 cm³/mol. The minimum absolute atomic E-state index is 0.0713. The van der Waals surface area contributed by atoms with Gasteiger partial charge in [-0.1, -0.05) is 32.4 Å². The van der Waals surface area contributed by atoms with E-state index in [1.54, 1.807) is 6.07 Å². The van der Waals surface area contributed by atoms with E-state index in [4.69, 9.17) is 0 Å². The van der Waals surface area contributed by atoms with Crippen molar-refractivity contribution >= 4 is 5.69 Å². The molecule has 1 fully saturated rings.